The molecule has 3 aliphatic carbocycles. The van der Waals surface area contributed by atoms with Crippen molar-refractivity contribution in [3.05, 3.63) is 78.9 Å². The second kappa shape index (κ2) is 5.35. The first-order valence-corrected chi connectivity index (χ1v) is 8.06. The van der Waals surface area contributed by atoms with E-state index in [0.29, 0.717) is 24.0 Å². The molecule has 0 heterocycles. The van der Waals surface area contributed by atoms with E-state index in [-0.39, 0.29) is 17.3 Å². The van der Waals surface area contributed by atoms with Gasteiger partial charge in [-0.1, -0.05) is 12.1 Å². The Labute approximate surface area is 147 Å². The van der Waals surface area contributed by atoms with E-state index in [2.05, 4.69) is 0 Å². The van der Waals surface area contributed by atoms with Crippen LogP contribution >= 0.6 is 0 Å². The van der Waals surface area contributed by atoms with Gasteiger partial charge >= 0.3 is 5.97 Å². The van der Waals surface area contributed by atoms with Crippen LogP contribution in [0.2, 0.25) is 0 Å². The molecule has 0 amide bonds. The van der Waals surface area contributed by atoms with E-state index in [1.54, 1.807) is 12.1 Å². The van der Waals surface area contributed by atoms with Crippen molar-refractivity contribution in [3.8, 4) is 0 Å². The van der Waals surface area contributed by atoms with Crippen molar-refractivity contribution in [2.24, 2.45) is 0 Å². The molecule has 26 heavy (non-hydrogen) atoms. The van der Waals surface area contributed by atoms with Gasteiger partial charge in [-0.05, 0) is 35.1 Å². The third-order valence-electron chi connectivity index (χ3n) is 5.51. The standard InChI is InChI=1S/C18H14N2O6/c1-26-17(21)18-7-6-12(13-4-2-11(20(24)25)9-16(13)18)14-8-10(19(22)23)3-5-15(14)18/h2-5,8-9,12H,6-7H2,1H3. The number of hydrogen-bond acceptors (Lipinski definition) is 6. The Hall–Kier alpha value is -3.29. The van der Waals surface area contributed by atoms with Crippen LogP contribution in [0.3, 0.4) is 0 Å². The molecule has 0 N–H and O–H groups in total. The first-order valence-electron chi connectivity index (χ1n) is 8.06. The van der Waals surface area contributed by atoms with Gasteiger partial charge in [0.1, 0.15) is 5.41 Å². The lowest BCUT2D eigenvalue weighted by atomic mass is 9.55. The number of rotatable bonds is 3. The Morgan fingerprint density at radius 2 is 1.69 bits per heavy atom. The maximum Gasteiger partial charge on any atom is 0.320 e. The molecule has 0 aliphatic heterocycles. The first kappa shape index (κ1) is 16.2. The number of nitrogens with zero attached hydrogens (tertiary/aromatic N) is 2. The van der Waals surface area contributed by atoms with Crippen LogP contribution in [-0.4, -0.2) is 22.9 Å². The Balaban J connectivity index is 2.04. The molecular weight excluding hydrogens is 340 g/mol. The molecule has 0 radical (unpaired) electrons. The van der Waals surface area contributed by atoms with E-state index in [1.807, 2.05) is 0 Å². The van der Waals surface area contributed by atoms with Crippen LogP contribution in [0.15, 0.2) is 36.4 Å². The quantitative estimate of drug-likeness (QED) is 0.475. The van der Waals surface area contributed by atoms with Crippen LogP contribution in [0.1, 0.15) is 41.0 Å². The fraction of sp³-hybridized carbons (Fsp3) is 0.278. The number of carbonyl (C=O) groups excluding carboxylic acids is 1. The normalized spacial score (nSPS) is 22.3. The van der Waals surface area contributed by atoms with Crippen molar-refractivity contribution in [3.63, 3.8) is 0 Å². The second-order valence-corrected chi connectivity index (χ2v) is 6.55. The Bertz CT molecular complexity index is 986. The third-order valence-corrected chi connectivity index (χ3v) is 5.51. The number of nitro benzene ring substituents is 2. The number of fused-ring (bicyclic) bond motifs is 1. The van der Waals surface area contributed by atoms with Gasteiger partial charge in [0, 0.05) is 30.2 Å². The van der Waals surface area contributed by atoms with Crippen molar-refractivity contribution < 1.29 is 19.4 Å². The minimum absolute atomic E-state index is 0.0419. The summed E-state index contributed by atoms with van der Waals surface area (Å²) in [5.41, 5.74) is 1.41. The van der Waals surface area contributed by atoms with Gasteiger partial charge in [-0.2, -0.15) is 0 Å². The molecule has 0 saturated carbocycles. The number of carbonyl (C=O) groups is 1. The molecule has 0 fully saturated rings. The van der Waals surface area contributed by atoms with Crippen LogP contribution in [-0.2, 0) is 14.9 Å². The highest BCUT2D eigenvalue weighted by molar-refractivity contribution is 5.91. The Kier molecular flexibility index (Phi) is 3.33. The first-order chi connectivity index (χ1) is 12.4. The SMILES string of the molecule is COC(=O)C12CCC(c3cc([N+](=O)[O-])ccc31)c1ccc([N+](=O)[O-])cc12. The number of esters is 1. The van der Waals surface area contributed by atoms with E-state index in [9.17, 15) is 25.0 Å². The average Bonchev–Trinajstić information content (AvgIpc) is 2.66. The fourth-order valence-electron chi connectivity index (χ4n) is 4.42. The monoisotopic (exact) mass is 354 g/mol. The molecular formula is C18H14N2O6. The molecule has 132 valence electrons. The second-order valence-electron chi connectivity index (χ2n) is 6.55. The number of nitro groups is 2. The third kappa shape index (κ3) is 1.92. The lowest BCUT2D eigenvalue weighted by Crippen LogP contribution is -2.46. The van der Waals surface area contributed by atoms with E-state index in [4.69, 9.17) is 4.74 Å². The predicted octanol–water partition coefficient (Wildman–Crippen LogP) is 3.20. The number of non-ortho nitro benzene ring substituents is 2. The maximum absolute atomic E-state index is 12.8. The molecule has 2 unspecified atom stereocenters. The van der Waals surface area contributed by atoms with Gasteiger partial charge in [-0.25, -0.2) is 0 Å². The fourth-order valence-corrected chi connectivity index (χ4v) is 4.42. The Morgan fingerprint density at radius 3 is 2.35 bits per heavy atom. The van der Waals surface area contributed by atoms with E-state index >= 15 is 0 Å². The maximum atomic E-state index is 12.8. The zero-order valence-corrected chi connectivity index (χ0v) is 13.8. The molecule has 0 spiro atoms. The van der Waals surface area contributed by atoms with E-state index in [0.717, 1.165) is 11.1 Å². The minimum Gasteiger partial charge on any atom is -0.468 e. The van der Waals surface area contributed by atoms with E-state index < -0.39 is 21.2 Å². The van der Waals surface area contributed by atoms with Crippen molar-refractivity contribution in [2.45, 2.75) is 24.2 Å². The molecule has 2 atom stereocenters. The Morgan fingerprint density at radius 1 is 1.04 bits per heavy atom. The topological polar surface area (TPSA) is 113 Å². The zero-order chi connectivity index (χ0) is 18.6. The highest BCUT2D eigenvalue weighted by atomic mass is 16.6. The molecule has 0 aromatic heterocycles. The molecule has 2 aromatic carbocycles. The van der Waals surface area contributed by atoms with Gasteiger partial charge < -0.3 is 4.74 Å². The summed E-state index contributed by atoms with van der Waals surface area (Å²) in [5.74, 6) is -0.639. The van der Waals surface area contributed by atoms with Crippen LogP contribution in [0.5, 0.6) is 0 Å². The van der Waals surface area contributed by atoms with Crippen molar-refractivity contribution in [2.75, 3.05) is 7.11 Å². The molecule has 5 rings (SSSR count). The molecule has 8 heteroatoms. The summed E-state index contributed by atoms with van der Waals surface area (Å²) in [6.07, 6.45) is 1.07. The number of benzene rings is 2. The largest absolute Gasteiger partial charge is 0.468 e. The number of methoxy groups -OCH3 is 1. The number of hydrogen-bond donors (Lipinski definition) is 0. The predicted molar refractivity (Wildman–Crippen MR) is 90.1 cm³/mol. The van der Waals surface area contributed by atoms with Gasteiger partial charge in [0.25, 0.3) is 11.4 Å². The number of ether oxygens (including phenoxy) is 1. The average molecular weight is 354 g/mol. The van der Waals surface area contributed by atoms with Crippen LogP contribution in [0.25, 0.3) is 0 Å². The summed E-state index contributed by atoms with van der Waals surface area (Å²) >= 11 is 0. The summed E-state index contributed by atoms with van der Waals surface area (Å²) in [6, 6.07) is 8.93. The lowest BCUT2D eigenvalue weighted by Gasteiger charge is -2.47. The molecule has 3 aliphatic rings. The summed E-state index contributed by atoms with van der Waals surface area (Å²) < 4.78 is 5.06. The summed E-state index contributed by atoms with van der Waals surface area (Å²) in [4.78, 5) is 34.3. The molecule has 2 bridgehead atoms. The molecule has 8 nitrogen and oxygen atoms in total. The van der Waals surface area contributed by atoms with E-state index in [1.165, 1.54) is 31.4 Å². The highest BCUT2D eigenvalue weighted by Gasteiger charge is 2.54. The lowest BCUT2D eigenvalue weighted by molar-refractivity contribution is -0.385. The van der Waals surface area contributed by atoms with Crippen LogP contribution < -0.4 is 0 Å². The van der Waals surface area contributed by atoms with Crippen LogP contribution in [0.4, 0.5) is 11.4 Å². The highest BCUT2D eigenvalue weighted by Crippen LogP contribution is 2.57. The van der Waals surface area contributed by atoms with Gasteiger partial charge in [0.15, 0.2) is 0 Å². The van der Waals surface area contributed by atoms with Gasteiger partial charge in [0.2, 0.25) is 0 Å². The van der Waals surface area contributed by atoms with Crippen molar-refractivity contribution in [1.29, 1.82) is 0 Å². The molecule has 2 aromatic rings. The van der Waals surface area contributed by atoms with Crippen LogP contribution in [0, 0.1) is 20.2 Å². The van der Waals surface area contributed by atoms with Crippen molar-refractivity contribution >= 4 is 17.3 Å². The summed E-state index contributed by atoms with van der Waals surface area (Å²) in [5, 5.41) is 22.4. The van der Waals surface area contributed by atoms with Gasteiger partial charge in [-0.15, -0.1) is 0 Å². The smallest absolute Gasteiger partial charge is 0.320 e. The zero-order valence-electron chi connectivity index (χ0n) is 13.8. The summed E-state index contributed by atoms with van der Waals surface area (Å²) in [7, 11) is 1.28. The van der Waals surface area contributed by atoms with Crippen molar-refractivity contribution in [1.82, 2.24) is 0 Å². The van der Waals surface area contributed by atoms with Gasteiger partial charge in [0.05, 0.1) is 17.0 Å². The molecule has 0 saturated heterocycles. The summed E-state index contributed by atoms with van der Waals surface area (Å²) in [6.45, 7) is 0. The van der Waals surface area contributed by atoms with Gasteiger partial charge in [-0.3, -0.25) is 25.0 Å². The minimum atomic E-state index is -1.17.